The number of hydrogen-bond donors (Lipinski definition) is 1. The van der Waals surface area contributed by atoms with E-state index in [1.165, 1.54) is 11.1 Å². The van der Waals surface area contributed by atoms with Gasteiger partial charge in [-0.05, 0) is 47.2 Å². The van der Waals surface area contributed by atoms with Gasteiger partial charge in [0, 0.05) is 12.2 Å². The summed E-state index contributed by atoms with van der Waals surface area (Å²) in [6.07, 6.45) is 0.948. The Morgan fingerprint density at radius 2 is 1.81 bits per heavy atom. The number of fused-ring (bicyclic) bond motifs is 1. The highest BCUT2D eigenvalue weighted by atomic mass is 32.1. The molecule has 4 aromatic rings. The van der Waals surface area contributed by atoms with Crippen LogP contribution in [0.25, 0.3) is 10.2 Å². The number of thiophene rings is 1. The van der Waals surface area contributed by atoms with Crippen molar-refractivity contribution in [3.8, 4) is 0 Å². The highest BCUT2D eigenvalue weighted by Crippen LogP contribution is 2.27. The molecule has 2 aromatic carbocycles. The first-order valence-electron chi connectivity index (χ1n) is 8.75. The molecule has 0 spiro atoms. The zero-order valence-electron chi connectivity index (χ0n) is 14.6. The van der Waals surface area contributed by atoms with Crippen molar-refractivity contribution in [2.24, 2.45) is 0 Å². The number of aromatic nitrogens is 1. The molecule has 1 amide bonds. The minimum atomic E-state index is -0.0717. The van der Waals surface area contributed by atoms with E-state index in [-0.39, 0.29) is 5.91 Å². The molecule has 3 nitrogen and oxygen atoms in total. The Labute approximate surface area is 156 Å². The number of benzene rings is 2. The minimum absolute atomic E-state index is 0.0717. The largest absolute Gasteiger partial charge is 0.331 e. The van der Waals surface area contributed by atoms with Gasteiger partial charge < -0.3 is 9.88 Å². The van der Waals surface area contributed by atoms with E-state index in [1.54, 1.807) is 11.3 Å². The van der Waals surface area contributed by atoms with Gasteiger partial charge in [0.1, 0.15) is 5.69 Å². The number of nitrogens with zero attached hydrogens (tertiary/aromatic N) is 1. The van der Waals surface area contributed by atoms with Crippen LogP contribution in [0.1, 0.15) is 28.5 Å². The van der Waals surface area contributed by atoms with Crippen molar-refractivity contribution in [3.63, 3.8) is 0 Å². The average Bonchev–Trinajstić information content (AvgIpc) is 3.25. The lowest BCUT2D eigenvalue weighted by atomic mass is 10.1. The Kier molecular flexibility index (Phi) is 4.59. The van der Waals surface area contributed by atoms with E-state index in [9.17, 15) is 4.79 Å². The SMILES string of the molecule is CCc1cccc(NC(=O)c2cc3sccc3n2Cc2ccccc2)c1. The van der Waals surface area contributed by atoms with Crippen LogP contribution < -0.4 is 5.32 Å². The van der Waals surface area contributed by atoms with Crippen molar-refractivity contribution in [1.29, 1.82) is 0 Å². The van der Waals surface area contributed by atoms with Crippen LogP contribution >= 0.6 is 11.3 Å². The van der Waals surface area contributed by atoms with Crippen molar-refractivity contribution < 1.29 is 4.79 Å². The van der Waals surface area contributed by atoms with Crippen LogP contribution in [-0.2, 0) is 13.0 Å². The number of carbonyl (C=O) groups is 1. The number of carbonyl (C=O) groups excluding carboxylic acids is 1. The van der Waals surface area contributed by atoms with Gasteiger partial charge in [0.2, 0.25) is 0 Å². The van der Waals surface area contributed by atoms with Crippen LogP contribution in [0.4, 0.5) is 5.69 Å². The lowest BCUT2D eigenvalue weighted by Crippen LogP contribution is -2.17. The van der Waals surface area contributed by atoms with Crippen LogP contribution in [-0.4, -0.2) is 10.5 Å². The smallest absolute Gasteiger partial charge is 0.272 e. The summed E-state index contributed by atoms with van der Waals surface area (Å²) >= 11 is 1.66. The van der Waals surface area contributed by atoms with E-state index in [2.05, 4.69) is 46.5 Å². The molecule has 0 saturated carbocycles. The second-order valence-electron chi connectivity index (χ2n) is 6.28. The first-order valence-corrected chi connectivity index (χ1v) is 9.63. The molecule has 130 valence electrons. The number of anilines is 1. The highest BCUT2D eigenvalue weighted by molar-refractivity contribution is 7.17. The van der Waals surface area contributed by atoms with Gasteiger partial charge in [-0.1, -0.05) is 49.4 Å². The molecule has 0 fully saturated rings. The average molecular weight is 360 g/mol. The third-order valence-corrected chi connectivity index (χ3v) is 5.39. The minimum Gasteiger partial charge on any atom is -0.331 e. The summed E-state index contributed by atoms with van der Waals surface area (Å²) in [5, 5.41) is 5.12. The Balaban J connectivity index is 1.67. The molecule has 0 saturated heterocycles. The van der Waals surface area contributed by atoms with Crippen LogP contribution in [0.2, 0.25) is 0 Å². The fourth-order valence-electron chi connectivity index (χ4n) is 3.17. The monoisotopic (exact) mass is 360 g/mol. The quantitative estimate of drug-likeness (QED) is 0.496. The summed E-state index contributed by atoms with van der Waals surface area (Å²) in [7, 11) is 0. The molecule has 0 unspecified atom stereocenters. The normalized spacial score (nSPS) is 11.0. The topological polar surface area (TPSA) is 34.0 Å². The molecule has 4 rings (SSSR count). The molecule has 2 heterocycles. The summed E-state index contributed by atoms with van der Waals surface area (Å²) < 4.78 is 3.23. The van der Waals surface area contributed by atoms with Crippen LogP contribution in [0.3, 0.4) is 0 Å². The number of amides is 1. The second-order valence-corrected chi connectivity index (χ2v) is 7.23. The number of nitrogens with one attached hydrogen (secondary N) is 1. The molecule has 1 N–H and O–H groups in total. The van der Waals surface area contributed by atoms with Crippen molar-refractivity contribution in [3.05, 3.63) is 88.9 Å². The lowest BCUT2D eigenvalue weighted by Gasteiger charge is -2.11. The summed E-state index contributed by atoms with van der Waals surface area (Å²) in [6.45, 7) is 2.79. The Hall–Kier alpha value is -2.85. The van der Waals surface area contributed by atoms with Gasteiger partial charge in [0.25, 0.3) is 5.91 Å². The Morgan fingerprint density at radius 3 is 2.62 bits per heavy atom. The first-order chi connectivity index (χ1) is 12.7. The number of aryl methyl sites for hydroxylation is 1. The van der Waals surface area contributed by atoms with E-state index < -0.39 is 0 Å². The maximum atomic E-state index is 13.0. The first kappa shape index (κ1) is 16.6. The zero-order valence-corrected chi connectivity index (χ0v) is 15.4. The maximum absolute atomic E-state index is 13.0. The van der Waals surface area contributed by atoms with Crippen LogP contribution in [0.5, 0.6) is 0 Å². The van der Waals surface area contributed by atoms with Crippen molar-refractivity contribution in [2.75, 3.05) is 5.32 Å². The van der Waals surface area contributed by atoms with E-state index >= 15 is 0 Å². The van der Waals surface area contributed by atoms with Crippen molar-refractivity contribution >= 4 is 33.1 Å². The summed E-state index contributed by atoms with van der Waals surface area (Å²) in [5.74, 6) is -0.0717. The standard InChI is InChI=1S/C22H20N2OS/c1-2-16-9-6-10-18(13-16)23-22(25)20-14-21-19(11-12-26-21)24(20)15-17-7-4-3-5-8-17/h3-14H,2,15H2,1H3,(H,23,25). The molecule has 26 heavy (non-hydrogen) atoms. The fraction of sp³-hybridized carbons (Fsp3) is 0.136. The van der Waals surface area contributed by atoms with Gasteiger partial charge in [-0.25, -0.2) is 0 Å². The molecule has 0 radical (unpaired) electrons. The zero-order chi connectivity index (χ0) is 17.9. The molecule has 0 aliphatic carbocycles. The molecule has 0 aliphatic rings. The Bertz CT molecular complexity index is 1050. The lowest BCUT2D eigenvalue weighted by molar-refractivity contribution is 0.101. The van der Waals surface area contributed by atoms with Gasteiger partial charge in [0.15, 0.2) is 0 Å². The van der Waals surface area contributed by atoms with Crippen molar-refractivity contribution in [1.82, 2.24) is 4.57 Å². The van der Waals surface area contributed by atoms with E-state index in [4.69, 9.17) is 0 Å². The fourth-order valence-corrected chi connectivity index (χ4v) is 3.99. The molecule has 0 aliphatic heterocycles. The third kappa shape index (κ3) is 3.28. The molecule has 4 heteroatoms. The molecular weight excluding hydrogens is 340 g/mol. The summed E-state index contributed by atoms with van der Waals surface area (Å²) in [6, 6.07) is 22.3. The van der Waals surface area contributed by atoms with E-state index in [0.29, 0.717) is 12.2 Å². The van der Waals surface area contributed by atoms with Gasteiger partial charge in [-0.15, -0.1) is 11.3 Å². The van der Waals surface area contributed by atoms with Gasteiger partial charge in [0.05, 0.1) is 10.2 Å². The third-order valence-electron chi connectivity index (χ3n) is 4.53. The van der Waals surface area contributed by atoms with Crippen LogP contribution in [0, 0.1) is 0 Å². The van der Waals surface area contributed by atoms with Gasteiger partial charge >= 0.3 is 0 Å². The van der Waals surface area contributed by atoms with Gasteiger partial charge in [-0.2, -0.15) is 0 Å². The maximum Gasteiger partial charge on any atom is 0.272 e. The van der Waals surface area contributed by atoms with E-state index in [0.717, 1.165) is 22.3 Å². The second kappa shape index (κ2) is 7.18. The predicted molar refractivity (Wildman–Crippen MR) is 109 cm³/mol. The predicted octanol–water partition coefficient (Wildman–Crippen LogP) is 5.57. The highest BCUT2D eigenvalue weighted by Gasteiger charge is 2.17. The summed E-state index contributed by atoms with van der Waals surface area (Å²) in [4.78, 5) is 13.0. The molecule has 0 atom stereocenters. The molecule has 0 bridgehead atoms. The van der Waals surface area contributed by atoms with Crippen molar-refractivity contribution in [2.45, 2.75) is 19.9 Å². The van der Waals surface area contributed by atoms with Gasteiger partial charge in [-0.3, -0.25) is 4.79 Å². The number of hydrogen-bond acceptors (Lipinski definition) is 2. The molecule has 2 aromatic heterocycles. The Morgan fingerprint density at radius 1 is 1.00 bits per heavy atom. The molecular formula is C22H20N2OS. The van der Waals surface area contributed by atoms with Crippen LogP contribution in [0.15, 0.2) is 72.1 Å². The summed E-state index contributed by atoms with van der Waals surface area (Å²) in [5.41, 5.74) is 5.02. The number of rotatable bonds is 5. The van der Waals surface area contributed by atoms with E-state index in [1.807, 2.05) is 42.5 Å².